The lowest BCUT2D eigenvalue weighted by atomic mass is 9.95. The fourth-order valence-corrected chi connectivity index (χ4v) is 2.60. The SMILES string of the molecule is CCCC(=O)N1CCC(C(=O)NCc2ccncc2)CC1. The van der Waals surface area contributed by atoms with E-state index < -0.39 is 0 Å². The maximum Gasteiger partial charge on any atom is 0.223 e. The Morgan fingerprint density at radius 1 is 1.29 bits per heavy atom. The molecule has 1 aromatic rings. The summed E-state index contributed by atoms with van der Waals surface area (Å²) in [6.07, 6.45) is 6.46. The highest BCUT2D eigenvalue weighted by atomic mass is 16.2. The topological polar surface area (TPSA) is 62.3 Å². The zero-order valence-corrected chi connectivity index (χ0v) is 12.5. The number of piperidine rings is 1. The molecule has 1 aliphatic heterocycles. The number of rotatable bonds is 5. The third-order valence-electron chi connectivity index (χ3n) is 3.90. The molecule has 2 amide bonds. The van der Waals surface area contributed by atoms with Gasteiger partial charge in [-0.2, -0.15) is 0 Å². The van der Waals surface area contributed by atoms with Crippen LogP contribution in [0, 0.1) is 5.92 Å². The molecule has 2 rings (SSSR count). The van der Waals surface area contributed by atoms with Crippen molar-refractivity contribution in [1.29, 1.82) is 0 Å². The molecule has 0 unspecified atom stereocenters. The lowest BCUT2D eigenvalue weighted by Crippen LogP contribution is -2.42. The van der Waals surface area contributed by atoms with E-state index in [1.165, 1.54) is 0 Å². The first-order valence-corrected chi connectivity index (χ1v) is 7.65. The van der Waals surface area contributed by atoms with E-state index in [0.29, 0.717) is 26.1 Å². The van der Waals surface area contributed by atoms with Crippen LogP contribution in [0.1, 0.15) is 38.2 Å². The maximum absolute atomic E-state index is 12.1. The summed E-state index contributed by atoms with van der Waals surface area (Å²) in [4.78, 5) is 29.8. The molecule has 2 heterocycles. The zero-order valence-electron chi connectivity index (χ0n) is 12.5. The number of nitrogens with zero attached hydrogens (tertiary/aromatic N) is 2. The fourth-order valence-electron chi connectivity index (χ4n) is 2.60. The quantitative estimate of drug-likeness (QED) is 0.898. The van der Waals surface area contributed by atoms with E-state index in [2.05, 4.69) is 10.3 Å². The van der Waals surface area contributed by atoms with E-state index in [-0.39, 0.29) is 17.7 Å². The van der Waals surface area contributed by atoms with Gasteiger partial charge in [0.25, 0.3) is 0 Å². The summed E-state index contributed by atoms with van der Waals surface area (Å²) >= 11 is 0. The highest BCUT2D eigenvalue weighted by Crippen LogP contribution is 2.18. The number of likely N-dealkylation sites (tertiary alicyclic amines) is 1. The van der Waals surface area contributed by atoms with E-state index in [1.54, 1.807) is 12.4 Å². The van der Waals surface area contributed by atoms with Crippen LogP contribution in [0.5, 0.6) is 0 Å². The molecule has 0 saturated carbocycles. The van der Waals surface area contributed by atoms with Crippen molar-refractivity contribution >= 4 is 11.8 Å². The molecule has 1 fully saturated rings. The summed E-state index contributed by atoms with van der Waals surface area (Å²) in [5, 5.41) is 2.97. The summed E-state index contributed by atoms with van der Waals surface area (Å²) in [5.41, 5.74) is 1.05. The summed E-state index contributed by atoms with van der Waals surface area (Å²) in [5.74, 6) is 0.333. The molecule has 114 valence electrons. The summed E-state index contributed by atoms with van der Waals surface area (Å²) in [6.45, 7) is 3.95. The lowest BCUT2D eigenvalue weighted by Gasteiger charge is -2.31. The molecule has 1 aromatic heterocycles. The predicted molar refractivity (Wildman–Crippen MR) is 80.3 cm³/mol. The normalized spacial score (nSPS) is 15.8. The van der Waals surface area contributed by atoms with E-state index in [0.717, 1.165) is 24.8 Å². The molecule has 21 heavy (non-hydrogen) atoms. The van der Waals surface area contributed by atoms with Crippen molar-refractivity contribution in [1.82, 2.24) is 15.2 Å². The van der Waals surface area contributed by atoms with Crippen LogP contribution in [0.3, 0.4) is 0 Å². The van der Waals surface area contributed by atoms with E-state index in [4.69, 9.17) is 0 Å². The van der Waals surface area contributed by atoms with Gasteiger partial charge in [-0.3, -0.25) is 14.6 Å². The van der Waals surface area contributed by atoms with Crippen LogP contribution in [0.4, 0.5) is 0 Å². The van der Waals surface area contributed by atoms with Gasteiger partial charge in [-0.25, -0.2) is 0 Å². The van der Waals surface area contributed by atoms with Gasteiger partial charge in [-0.15, -0.1) is 0 Å². The fraction of sp³-hybridized carbons (Fsp3) is 0.562. The smallest absolute Gasteiger partial charge is 0.223 e. The number of nitrogens with one attached hydrogen (secondary N) is 1. The summed E-state index contributed by atoms with van der Waals surface area (Å²) in [6, 6.07) is 3.79. The Labute approximate surface area is 125 Å². The first-order valence-electron chi connectivity index (χ1n) is 7.65. The number of hydrogen-bond donors (Lipinski definition) is 1. The molecule has 0 radical (unpaired) electrons. The van der Waals surface area contributed by atoms with Gasteiger partial charge in [0.05, 0.1) is 0 Å². The first kappa shape index (κ1) is 15.5. The second kappa shape index (κ2) is 7.76. The minimum Gasteiger partial charge on any atom is -0.352 e. The average Bonchev–Trinajstić information content (AvgIpc) is 2.54. The number of carbonyl (C=O) groups excluding carboxylic acids is 2. The second-order valence-electron chi connectivity index (χ2n) is 5.48. The second-order valence-corrected chi connectivity index (χ2v) is 5.48. The molecule has 1 saturated heterocycles. The van der Waals surface area contributed by atoms with E-state index >= 15 is 0 Å². The number of pyridine rings is 1. The summed E-state index contributed by atoms with van der Waals surface area (Å²) in [7, 11) is 0. The zero-order chi connectivity index (χ0) is 15.1. The minimum absolute atomic E-state index is 0.0255. The van der Waals surface area contributed by atoms with Gasteiger partial charge in [0.2, 0.25) is 11.8 Å². The molecule has 1 N–H and O–H groups in total. The maximum atomic E-state index is 12.1. The van der Waals surface area contributed by atoms with Crippen LogP contribution in [0.15, 0.2) is 24.5 Å². The Morgan fingerprint density at radius 3 is 2.57 bits per heavy atom. The molecule has 5 heteroatoms. The molecule has 0 aliphatic carbocycles. The van der Waals surface area contributed by atoms with E-state index in [1.807, 2.05) is 24.0 Å². The van der Waals surface area contributed by atoms with Crippen molar-refractivity contribution in [3.05, 3.63) is 30.1 Å². The van der Waals surface area contributed by atoms with Crippen molar-refractivity contribution < 1.29 is 9.59 Å². The molecule has 1 aliphatic rings. The Hall–Kier alpha value is -1.91. The van der Waals surface area contributed by atoms with Crippen molar-refractivity contribution in [2.24, 2.45) is 5.92 Å². The third kappa shape index (κ3) is 4.55. The highest BCUT2D eigenvalue weighted by molar-refractivity contribution is 5.80. The van der Waals surface area contributed by atoms with Crippen LogP contribution in [0.25, 0.3) is 0 Å². The van der Waals surface area contributed by atoms with Gasteiger partial charge in [0.15, 0.2) is 0 Å². The average molecular weight is 289 g/mol. The van der Waals surface area contributed by atoms with Crippen LogP contribution in [-0.2, 0) is 16.1 Å². The molecular weight excluding hydrogens is 266 g/mol. The Balaban J connectivity index is 1.74. The number of hydrogen-bond acceptors (Lipinski definition) is 3. The van der Waals surface area contributed by atoms with E-state index in [9.17, 15) is 9.59 Å². The lowest BCUT2D eigenvalue weighted by molar-refractivity contribution is -0.135. The van der Waals surface area contributed by atoms with Crippen LogP contribution in [-0.4, -0.2) is 34.8 Å². The Bertz CT molecular complexity index is 468. The molecule has 0 atom stereocenters. The van der Waals surface area contributed by atoms with Crippen molar-refractivity contribution in [3.8, 4) is 0 Å². The molecular formula is C16H23N3O2. The van der Waals surface area contributed by atoms with Gasteiger partial charge >= 0.3 is 0 Å². The monoisotopic (exact) mass is 289 g/mol. The van der Waals surface area contributed by atoms with Crippen LogP contribution in [0.2, 0.25) is 0 Å². The Morgan fingerprint density at radius 2 is 1.95 bits per heavy atom. The largest absolute Gasteiger partial charge is 0.352 e. The van der Waals surface area contributed by atoms with Crippen molar-refractivity contribution in [2.45, 2.75) is 39.2 Å². The van der Waals surface area contributed by atoms with Crippen molar-refractivity contribution in [2.75, 3.05) is 13.1 Å². The molecule has 0 aromatic carbocycles. The van der Waals surface area contributed by atoms with Gasteiger partial charge in [0, 0.05) is 44.4 Å². The number of carbonyl (C=O) groups is 2. The van der Waals surface area contributed by atoms with Crippen LogP contribution < -0.4 is 5.32 Å². The van der Waals surface area contributed by atoms with Gasteiger partial charge in [-0.1, -0.05) is 6.92 Å². The molecule has 0 spiro atoms. The Kier molecular flexibility index (Phi) is 5.72. The van der Waals surface area contributed by atoms with Gasteiger partial charge < -0.3 is 10.2 Å². The number of aromatic nitrogens is 1. The third-order valence-corrected chi connectivity index (χ3v) is 3.90. The highest BCUT2D eigenvalue weighted by Gasteiger charge is 2.26. The van der Waals surface area contributed by atoms with Crippen LogP contribution >= 0.6 is 0 Å². The minimum atomic E-state index is 0.0255. The predicted octanol–water partition coefficient (Wildman–Crippen LogP) is 1.74. The molecule has 5 nitrogen and oxygen atoms in total. The standard InChI is InChI=1S/C16H23N3O2/c1-2-3-15(20)19-10-6-14(7-11-19)16(21)18-12-13-4-8-17-9-5-13/h4-5,8-9,14H,2-3,6-7,10-12H2,1H3,(H,18,21). The molecule has 0 bridgehead atoms. The number of amides is 2. The van der Waals surface area contributed by atoms with Gasteiger partial charge in [-0.05, 0) is 37.0 Å². The summed E-state index contributed by atoms with van der Waals surface area (Å²) < 4.78 is 0. The van der Waals surface area contributed by atoms with Gasteiger partial charge in [0.1, 0.15) is 0 Å². The van der Waals surface area contributed by atoms with Crippen molar-refractivity contribution in [3.63, 3.8) is 0 Å². The first-order chi connectivity index (χ1) is 10.2.